The van der Waals surface area contributed by atoms with E-state index in [2.05, 4.69) is 4.98 Å². The van der Waals surface area contributed by atoms with Crippen LogP contribution in [0.3, 0.4) is 0 Å². The van der Waals surface area contributed by atoms with Crippen LogP contribution in [0.4, 0.5) is 5.69 Å². The first kappa shape index (κ1) is 13.5. The van der Waals surface area contributed by atoms with E-state index in [1.807, 2.05) is 24.3 Å². The third-order valence-corrected chi connectivity index (χ3v) is 3.57. The van der Waals surface area contributed by atoms with Crippen molar-refractivity contribution < 1.29 is 5.11 Å². The zero-order chi connectivity index (χ0) is 14.8. The Kier molecular flexibility index (Phi) is 3.50. The van der Waals surface area contributed by atoms with Gasteiger partial charge in [-0.1, -0.05) is 23.7 Å². The number of pyridine rings is 1. The van der Waals surface area contributed by atoms with Crippen LogP contribution in [0.15, 0.2) is 60.9 Å². The summed E-state index contributed by atoms with van der Waals surface area (Å²) in [7, 11) is 0. The number of hydrogen-bond donors (Lipinski definition) is 2. The van der Waals surface area contributed by atoms with Gasteiger partial charge in [-0.2, -0.15) is 0 Å². The number of rotatable bonds is 2. The van der Waals surface area contributed by atoms with Crippen LogP contribution in [-0.4, -0.2) is 10.1 Å². The highest BCUT2D eigenvalue weighted by atomic mass is 35.5. The molecule has 0 unspecified atom stereocenters. The van der Waals surface area contributed by atoms with Crippen molar-refractivity contribution in [2.45, 2.75) is 0 Å². The van der Waals surface area contributed by atoms with Crippen LogP contribution in [0, 0.1) is 0 Å². The average molecular weight is 297 g/mol. The molecule has 0 bridgehead atoms. The van der Waals surface area contributed by atoms with Gasteiger partial charge >= 0.3 is 0 Å². The number of nitrogen functional groups attached to an aromatic ring is 1. The number of phenols is 1. The van der Waals surface area contributed by atoms with Gasteiger partial charge in [0.1, 0.15) is 5.75 Å². The van der Waals surface area contributed by atoms with Crippen molar-refractivity contribution in [3.05, 3.63) is 65.9 Å². The lowest BCUT2D eigenvalue weighted by Gasteiger charge is -2.08. The Morgan fingerprint density at radius 1 is 0.905 bits per heavy atom. The molecule has 1 aromatic heterocycles. The van der Waals surface area contributed by atoms with Crippen molar-refractivity contribution in [3.8, 4) is 28.0 Å². The SMILES string of the molecule is Nc1ccc(-c2cc(O)cc(-c3cccnc3)c2)cc1Cl. The molecule has 3 nitrogen and oxygen atoms in total. The summed E-state index contributed by atoms with van der Waals surface area (Å²) in [6.07, 6.45) is 3.47. The lowest BCUT2D eigenvalue weighted by Crippen LogP contribution is -1.87. The van der Waals surface area contributed by atoms with Crippen LogP contribution < -0.4 is 5.73 Å². The molecule has 0 amide bonds. The van der Waals surface area contributed by atoms with Crippen LogP contribution in [-0.2, 0) is 0 Å². The van der Waals surface area contributed by atoms with Crippen molar-refractivity contribution in [2.24, 2.45) is 0 Å². The van der Waals surface area contributed by atoms with Gasteiger partial charge in [0.25, 0.3) is 0 Å². The first-order chi connectivity index (χ1) is 10.1. The number of hydrogen-bond acceptors (Lipinski definition) is 3. The fourth-order valence-corrected chi connectivity index (χ4v) is 2.37. The zero-order valence-electron chi connectivity index (χ0n) is 11.1. The van der Waals surface area contributed by atoms with Crippen molar-refractivity contribution in [1.82, 2.24) is 4.98 Å². The van der Waals surface area contributed by atoms with Gasteiger partial charge in [0.15, 0.2) is 0 Å². The van der Waals surface area contributed by atoms with E-state index in [1.165, 1.54) is 0 Å². The number of nitrogens with two attached hydrogens (primary N) is 1. The molecule has 3 rings (SSSR count). The van der Waals surface area contributed by atoms with E-state index >= 15 is 0 Å². The Balaban J connectivity index is 2.11. The van der Waals surface area contributed by atoms with Crippen molar-refractivity contribution >= 4 is 17.3 Å². The molecule has 0 radical (unpaired) electrons. The molecule has 104 valence electrons. The van der Waals surface area contributed by atoms with Crippen LogP contribution in [0.1, 0.15) is 0 Å². The van der Waals surface area contributed by atoms with E-state index in [4.69, 9.17) is 17.3 Å². The van der Waals surface area contributed by atoms with Gasteiger partial charge in [0.05, 0.1) is 10.7 Å². The van der Waals surface area contributed by atoms with E-state index < -0.39 is 0 Å². The number of nitrogens with zero attached hydrogens (tertiary/aromatic N) is 1. The summed E-state index contributed by atoms with van der Waals surface area (Å²) in [4.78, 5) is 4.10. The predicted octanol–water partition coefficient (Wildman–Crippen LogP) is 4.36. The number of phenolic OH excluding ortho intramolecular Hbond substituents is 1. The molecule has 1 heterocycles. The van der Waals surface area contributed by atoms with Crippen LogP contribution in [0.5, 0.6) is 5.75 Å². The second-order valence-corrected chi connectivity index (χ2v) is 5.15. The van der Waals surface area contributed by atoms with Gasteiger partial charge in [-0.3, -0.25) is 4.98 Å². The molecule has 0 aliphatic heterocycles. The molecule has 2 aromatic carbocycles. The van der Waals surface area contributed by atoms with E-state index in [0.717, 1.165) is 22.3 Å². The van der Waals surface area contributed by atoms with Crippen LogP contribution in [0.2, 0.25) is 5.02 Å². The van der Waals surface area contributed by atoms with E-state index in [9.17, 15) is 5.11 Å². The van der Waals surface area contributed by atoms with Gasteiger partial charge in [0, 0.05) is 18.0 Å². The van der Waals surface area contributed by atoms with Gasteiger partial charge in [-0.15, -0.1) is 0 Å². The Morgan fingerprint density at radius 2 is 1.67 bits per heavy atom. The predicted molar refractivity (Wildman–Crippen MR) is 86.2 cm³/mol. The summed E-state index contributed by atoms with van der Waals surface area (Å²) in [6, 6.07) is 14.6. The molecule has 0 aliphatic carbocycles. The molecule has 0 saturated carbocycles. The number of aromatic hydroxyl groups is 1. The Labute approximate surface area is 127 Å². The second kappa shape index (κ2) is 5.46. The average Bonchev–Trinajstić information content (AvgIpc) is 2.50. The minimum absolute atomic E-state index is 0.194. The second-order valence-electron chi connectivity index (χ2n) is 4.75. The number of anilines is 1. The molecule has 0 saturated heterocycles. The third-order valence-electron chi connectivity index (χ3n) is 3.25. The summed E-state index contributed by atoms with van der Waals surface area (Å²) in [5, 5.41) is 10.5. The normalized spacial score (nSPS) is 10.5. The largest absolute Gasteiger partial charge is 0.508 e. The van der Waals surface area contributed by atoms with Crippen molar-refractivity contribution in [2.75, 3.05) is 5.73 Å². The minimum Gasteiger partial charge on any atom is -0.508 e. The van der Waals surface area contributed by atoms with Gasteiger partial charge < -0.3 is 10.8 Å². The summed E-state index contributed by atoms with van der Waals surface area (Å²) >= 11 is 6.06. The maximum Gasteiger partial charge on any atom is 0.116 e. The van der Waals surface area contributed by atoms with Gasteiger partial charge in [-0.25, -0.2) is 0 Å². The topological polar surface area (TPSA) is 59.1 Å². The Hall–Kier alpha value is -2.52. The molecular formula is C17H13ClN2O. The molecule has 4 heteroatoms. The summed E-state index contributed by atoms with van der Waals surface area (Å²) < 4.78 is 0. The lowest BCUT2D eigenvalue weighted by molar-refractivity contribution is 0.476. The Morgan fingerprint density at radius 3 is 2.33 bits per heavy atom. The highest BCUT2D eigenvalue weighted by molar-refractivity contribution is 6.33. The molecule has 3 N–H and O–H groups in total. The number of benzene rings is 2. The molecule has 21 heavy (non-hydrogen) atoms. The first-order valence-corrected chi connectivity index (χ1v) is 6.81. The van der Waals surface area contributed by atoms with Crippen molar-refractivity contribution in [3.63, 3.8) is 0 Å². The number of halogens is 1. The summed E-state index contributed by atoms with van der Waals surface area (Å²) in [6.45, 7) is 0. The molecular weight excluding hydrogens is 284 g/mol. The molecule has 0 fully saturated rings. The van der Waals surface area contributed by atoms with Crippen molar-refractivity contribution in [1.29, 1.82) is 0 Å². The van der Waals surface area contributed by atoms with Crippen LogP contribution in [0.25, 0.3) is 22.3 Å². The maximum atomic E-state index is 9.96. The lowest BCUT2D eigenvalue weighted by atomic mass is 9.99. The highest BCUT2D eigenvalue weighted by Gasteiger charge is 2.06. The zero-order valence-corrected chi connectivity index (χ0v) is 11.9. The highest BCUT2D eigenvalue weighted by Crippen LogP contribution is 2.33. The maximum absolute atomic E-state index is 9.96. The van der Waals surface area contributed by atoms with E-state index in [1.54, 1.807) is 36.7 Å². The fourth-order valence-electron chi connectivity index (χ4n) is 2.18. The molecule has 0 aliphatic rings. The van der Waals surface area contributed by atoms with Crippen LogP contribution >= 0.6 is 11.6 Å². The molecule has 0 spiro atoms. The van der Waals surface area contributed by atoms with E-state index in [-0.39, 0.29) is 5.75 Å². The fraction of sp³-hybridized carbons (Fsp3) is 0. The monoisotopic (exact) mass is 296 g/mol. The van der Waals surface area contributed by atoms with E-state index in [0.29, 0.717) is 10.7 Å². The summed E-state index contributed by atoms with van der Waals surface area (Å²) in [5.74, 6) is 0.194. The third kappa shape index (κ3) is 2.83. The smallest absolute Gasteiger partial charge is 0.116 e. The molecule has 0 atom stereocenters. The Bertz CT molecular complexity index is 788. The van der Waals surface area contributed by atoms with Gasteiger partial charge in [-0.05, 0) is 53.1 Å². The minimum atomic E-state index is 0.194. The quantitative estimate of drug-likeness (QED) is 0.691. The standard InChI is InChI=1S/C17H13ClN2O/c18-16-9-11(3-4-17(16)19)13-6-14(8-15(21)7-13)12-2-1-5-20-10-12/h1-10,21H,19H2. The summed E-state index contributed by atoms with van der Waals surface area (Å²) in [5.41, 5.74) is 9.87. The first-order valence-electron chi connectivity index (χ1n) is 6.43. The van der Waals surface area contributed by atoms with Gasteiger partial charge in [0.2, 0.25) is 0 Å². The number of aromatic nitrogens is 1. The molecule has 3 aromatic rings.